The predicted octanol–water partition coefficient (Wildman–Crippen LogP) is 1.96. The molecule has 0 saturated carbocycles. The molecule has 0 radical (unpaired) electrons. The number of nitrogens with zero attached hydrogens (tertiary/aromatic N) is 2. The Bertz CT molecular complexity index is 630. The van der Waals surface area contributed by atoms with Gasteiger partial charge in [0.05, 0.1) is 13.0 Å². The molecule has 8 heteroatoms. The first kappa shape index (κ1) is 15.9. The summed E-state index contributed by atoms with van der Waals surface area (Å²) in [7, 11) is 0. The fraction of sp³-hybridized carbons (Fsp3) is 0.286. The van der Waals surface area contributed by atoms with E-state index in [4.69, 9.17) is 9.84 Å². The minimum Gasteiger partial charge on any atom is -0.494 e. The summed E-state index contributed by atoms with van der Waals surface area (Å²) in [5.41, 5.74) is 0. The zero-order valence-corrected chi connectivity index (χ0v) is 12.5. The van der Waals surface area contributed by atoms with Crippen LogP contribution in [0.15, 0.2) is 30.3 Å². The van der Waals surface area contributed by atoms with E-state index in [1.54, 1.807) is 0 Å². The molecule has 0 fully saturated rings. The fourth-order valence-corrected chi connectivity index (χ4v) is 2.37. The number of aliphatic carboxylic acids is 1. The molecule has 2 aromatic rings. The first-order valence-corrected chi connectivity index (χ1v) is 7.47. The van der Waals surface area contributed by atoms with Crippen LogP contribution in [0, 0.1) is 0 Å². The molecule has 0 aliphatic carbocycles. The van der Waals surface area contributed by atoms with Gasteiger partial charge in [0.1, 0.15) is 10.8 Å². The normalized spacial score (nSPS) is 10.2. The molecule has 2 N–H and O–H groups in total. The summed E-state index contributed by atoms with van der Waals surface area (Å²) >= 11 is 1.06. The maximum absolute atomic E-state index is 11.7. The van der Waals surface area contributed by atoms with Crippen LogP contribution in [-0.4, -0.2) is 33.8 Å². The second-order valence-corrected chi connectivity index (χ2v) is 5.45. The summed E-state index contributed by atoms with van der Waals surface area (Å²) in [6.07, 6.45) is 0.667. The van der Waals surface area contributed by atoms with Crippen LogP contribution in [-0.2, 0) is 16.0 Å². The van der Waals surface area contributed by atoms with Gasteiger partial charge in [-0.3, -0.25) is 9.59 Å². The standard InChI is InChI=1S/C14H15N3O4S/c18-11(7-4-8-21-10-5-2-1-3-6-10)15-14-17-16-12(22-14)9-13(19)20/h1-3,5-6H,4,7-9H2,(H,19,20)(H,15,17,18). The first-order valence-electron chi connectivity index (χ1n) is 6.65. The highest BCUT2D eigenvalue weighted by Crippen LogP contribution is 2.16. The second kappa shape index (κ2) is 8.08. The molecule has 1 aromatic heterocycles. The number of hydrogen-bond donors (Lipinski definition) is 2. The van der Waals surface area contributed by atoms with Crippen molar-refractivity contribution >= 4 is 28.3 Å². The van der Waals surface area contributed by atoms with Gasteiger partial charge in [-0.15, -0.1) is 10.2 Å². The lowest BCUT2D eigenvalue weighted by atomic mass is 10.3. The zero-order valence-electron chi connectivity index (χ0n) is 11.7. The number of carboxylic acids is 1. The lowest BCUT2D eigenvalue weighted by molar-refractivity contribution is -0.136. The van der Waals surface area contributed by atoms with E-state index in [-0.39, 0.29) is 12.3 Å². The van der Waals surface area contributed by atoms with Crippen molar-refractivity contribution in [3.05, 3.63) is 35.3 Å². The molecule has 116 valence electrons. The molecule has 0 aliphatic heterocycles. The Balaban J connectivity index is 1.67. The number of nitrogens with one attached hydrogen (secondary N) is 1. The Hall–Kier alpha value is -2.48. The van der Waals surface area contributed by atoms with Crippen molar-refractivity contribution in [2.75, 3.05) is 11.9 Å². The van der Waals surface area contributed by atoms with E-state index < -0.39 is 5.97 Å². The lowest BCUT2D eigenvalue weighted by Gasteiger charge is -2.05. The van der Waals surface area contributed by atoms with Crippen LogP contribution in [0.4, 0.5) is 5.13 Å². The third-order valence-corrected chi connectivity index (χ3v) is 3.41. The third kappa shape index (κ3) is 5.49. The minimum absolute atomic E-state index is 0.196. The summed E-state index contributed by atoms with van der Waals surface area (Å²) in [4.78, 5) is 22.2. The summed E-state index contributed by atoms with van der Waals surface area (Å²) in [6, 6.07) is 9.37. The van der Waals surface area contributed by atoms with Gasteiger partial charge in [0.2, 0.25) is 11.0 Å². The van der Waals surface area contributed by atoms with Crippen molar-refractivity contribution in [3.8, 4) is 5.75 Å². The second-order valence-electron chi connectivity index (χ2n) is 4.38. The van der Waals surface area contributed by atoms with Crippen molar-refractivity contribution in [1.82, 2.24) is 10.2 Å². The first-order chi connectivity index (χ1) is 10.6. The van der Waals surface area contributed by atoms with E-state index in [9.17, 15) is 9.59 Å². The quantitative estimate of drug-likeness (QED) is 0.721. The van der Waals surface area contributed by atoms with E-state index in [1.807, 2.05) is 30.3 Å². The van der Waals surface area contributed by atoms with Crippen molar-refractivity contribution in [1.29, 1.82) is 0 Å². The van der Waals surface area contributed by atoms with Gasteiger partial charge in [-0.25, -0.2) is 0 Å². The monoisotopic (exact) mass is 321 g/mol. The molecular weight excluding hydrogens is 306 g/mol. The summed E-state index contributed by atoms with van der Waals surface area (Å²) in [6.45, 7) is 0.442. The van der Waals surface area contributed by atoms with Gasteiger partial charge in [0.25, 0.3) is 0 Å². The van der Waals surface area contributed by atoms with Gasteiger partial charge in [0.15, 0.2) is 0 Å². The number of carbonyl (C=O) groups is 2. The topological polar surface area (TPSA) is 101 Å². The highest BCUT2D eigenvalue weighted by atomic mass is 32.1. The van der Waals surface area contributed by atoms with Crippen LogP contribution < -0.4 is 10.1 Å². The molecule has 1 aromatic carbocycles. The van der Waals surface area contributed by atoms with Crippen LogP contribution >= 0.6 is 11.3 Å². The van der Waals surface area contributed by atoms with Gasteiger partial charge < -0.3 is 15.2 Å². The number of benzene rings is 1. The molecule has 0 bridgehead atoms. The van der Waals surface area contributed by atoms with E-state index >= 15 is 0 Å². The molecule has 0 saturated heterocycles. The summed E-state index contributed by atoms with van der Waals surface area (Å²) in [5.74, 6) is -0.410. The summed E-state index contributed by atoms with van der Waals surface area (Å²) < 4.78 is 5.48. The number of para-hydroxylation sites is 1. The highest BCUT2D eigenvalue weighted by molar-refractivity contribution is 7.15. The Kier molecular flexibility index (Phi) is 5.84. The van der Waals surface area contributed by atoms with Crippen molar-refractivity contribution < 1.29 is 19.4 Å². The molecule has 1 amide bonds. The minimum atomic E-state index is -0.980. The average molecular weight is 321 g/mol. The number of hydrogen-bond acceptors (Lipinski definition) is 6. The van der Waals surface area contributed by atoms with Gasteiger partial charge in [-0.05, 0) is 18.6 Å². The molecular formula is C14H15N3O4S. The van der Waals surface area contributed by atoms with Crippen LogP contribution in [0.3, 0.4) is 0 Å². The van der Waals surface area contributed by atoms with Crippen molar-refractivity contribution in [3.63, 3.8) is 0 Å². The Morgan fingerprint density at radius 2 is 2.00 bits per heavy atom. The number of aromatic nitrogens is 2. The highest BCUT2D eigenvalue weighted by Gasteiger charge is 2.10. The molecule has 0 spiro atoms. The van der Waals surface area contributed by atoms with E-state index in [0.29, 0.717) is 29.6 Å². The predicted molar refractivity (Wildman–Crippen MR) is 81.0 cm³/mol. The molecule has 1 heterocycles. The van der Waals surface area contributed by atoms with Crippen LogP contribution in [0.2, 0.25) is 0 Å². The van der Waals surface area contributed by atoms with Gasteiger partial charge in [0, 0.05) is 6.42 Å². The van der Waals surface area contributed by atoms with Crippen LogP contribution in [0.1, 0.15) is 17.8 Å². The fourth-order valence-electron chi connectivity index (χ4n) is 1.63. The molecule has 0 aliphatic rings. The summed E-state index contributed by atoms with van der Waals surface area (Å²) in [5, 5.41) is 19.3. The molecule has 7 nitrogen and oxygen atoms in total. The number of rotatable bonds is 8. The van der Waals surface area contributed by atoms with Crippen LogP contribution in [0.5, 0.6) is 5.75 Å². The van der Waals surface area contributed by atoms with Gasteiger partial charge >= 0.3 is 5.97 Å². The van der Waals surface area contributed by atoms with Crippen molar-refractivity contribution in [2.45, 2.75) is 19.3 Å². The van der Waals surface area contributed by atoms with Crippen LogP contribution in [0.25, 0.3) is 0 Å². The van der Waals surface area contributed by atoms with Gasteiger partial charge in [-0.1, -0.05) is 29.5 Å². The third-order valence-electron chi connectivity index (χ3n) is 2.58. The van der Waals surface area contributed by atoms with Gasteiger partial charge in [-0.2, -0.15) is 0 Å². The van der Waals surface area contributed by atoms with E-state index in [2.05, 4.69) is 15.5 Å². The largest absolute Gasteiger partial charge is 0.494 e. The Labute approximate surface area is 131 Å². The SMILES string of the molecule is O=C(O)Cc1nnc(NC(=O)CCCOc2ccccc2)s1. The maximum Gasteiger partial charge on any atom is 0.310 e. The average Bonchev–Trinajstić information content (AvgIpc) is 2.91. The van der Waals surface area contributed by atoms with E-state index in [1.165, 1.54) is 0 Å². The molecule has 2 rings (SSSR count). The molecule has 0 atom stereocenters. The van der Waals surface area contributed by atoms with E-state index in [0.717, 1.165) is 17.1 Å². The molecule has 0 unspecified atom stereocenters. The lowest BCUT2D eigenvalue weighted by Crippen LogP contribution is -2.12. The zero-order chi connectivity index (χ0) is 15.8. The number of anilines is 1. The maximum atomic E-state index is 11.7. The molecule has 22 heavy (non-hydrogen) atoms. The number of ether oxygens (including phenoxy) is 1. The Morgan fingerprint density at radius 1 is 1.23 bits per heavy atom. The Morgan fingerprint density at radius 3 is 2.73 bits per heavy atom. The smallest absolute Gasteiger partial charge is 0.310 e. The number of carbonyl (C=O) groups excluding carboxylic acids is 1. The number of carboxylic acid groups (broad SMARTS) is 1. The van der Waals surface area contributed by atoms with Crippen molar-refractivity contribution in [2.24, 2.45) is 0 Å². The number of amides is 1.